The van der Waals surface area contributed by atoms with Crippen molar-refractivity contribution in [2.75, 3.05) is 5.73 Å². The van der Waals surface area contributed by atoms with Crippen LogP contribution in [0, 0.1) is 11.3 Å². The molecule has 1 aromatic carbocycles. The van der Waals surface area contributed by atoms with Crippen molar-refractivity contribution >= 4 is 41.4 Å². The van der Waals surface area contributed by atoms with E-state index in [4.69, 9.17) is 11.0 Å². The highest BCUT2D eigenvalue weighted by Crippen LogP contribution is 2.18. The minimum absolute atomic E-state index is 0. The number of halogens is 2. The highest BCUT2D eigenvalue weighted by Gasteiger charge is 1.99. The van der Waals surface area contributed by atoms with Crippen molar-refractivity contribution in [3.8, 4) is 6.07 Å². The maximum Gasteiger partial charge on any atom is 0.141 e. The van der Waals surface area contributed by atoms with Gasteiger partial charge in [-0.1, -0.05) is 12.1 Å². The van der Waals surface area contributed by atoms with Crippen molar-refractivity contribution < 1.29 is 0 Å². The lowest BCUT2D eigenvalue weighted by Crippen LogP contribution is -1.90. The summed E-state index contributed by atoms with van der Waals surface area (Å²) in [6.45, 7) is 0. The number of para-hydroxylation sites is 1. The topological polar surface area (TPSA) is 62.7 Å². The molecule has 0 amide bonds. The third kappa shape index (κ3) is 2.50. The smallest absolute Gasteiger partial charge is 0.141 e. The Morgan fingerprint density at radius 3 is 2.53 bits per heavy atom. The van der Waals surface area contributed by atoms with E-state index < -0.39 is 0 Å². The molecule has 0 bridgehead atoms. The van der Waals surface area contributed by atoms with Gasteiger partial charge in [-0.15, -0.1) is 24.8 Å². The van der Waals surface area contributed by atoms with Gasteiger partial charge < -0.3 is 5.73 Å². The first-order valence-electron chi connectivity index (χ1n) is 3.86. The van der Waals surface area contributed by atoms with E-state index in [9.17, 15) is 0 Å². The zero-order valence-electron chi connectivity index (χ0n) is 7.68. The van der Waals surface area contributed by atoms with Crippen molar-refractivity contribution in [2.24, 2.45) is 0 Å². The summed E-state index contributed by atoms with van der Waals surface area (Å²) in [6, 6.07) is 11.1. The Kier molecular flexibility index (Phi) is 4.86. The number of nitrogen functional groups attached to an aromatic ring is 1. The van der Waals surface area contributed by atoms with Gasteiger partial charge in [-0.25, -0.2) is 4.98 Å². The normalized spacial score (nSPS) is 8.47. The maximum atomic E-state index is 8.63. The Bertz CT molecular complexity index is 505. The van der Waals surface area contributed by atoms with E-state index in [-0.39, 0.29) is 24.8 Å². The van der Waals surface area contributed by atoms with E-state index >= 15 is 0 Å². The molecule has 15 heavy (non-hydrogen) atoms. The molecule has 3 nitrogen and oxygen atoms in total. The second-order valence-corrected chi connectivity index (χ2v) is 2.73. The van der Waals surface area contributed by atoms with E-state index in [0.29, 0.717) is 16.9 Å². The Balaban J connectivity index is 0.000000980. The quantitative estimate of drug-likeness (QED) is 0.722. The van der Waals surface area contributed by atoms with Crippen LogP contribution in [0.25, 0.3) is 10.9 Å². The van der Waals surface area contributed by atoms with Gasteiger partial charge in [-0.3, -0.25) is 0 Å². The minimum Gasteiger partial charge on any atom is -0.397 e. The molecule has 0 fully saturated rings. The van der Waals surface area contributed by atoms with E-state index in [2.05, 4.69) is 4.98 Å². The average molecular weight is 242 g/mol. The van der Waals surface area contributed by atoms with Gasteiger partial charge in [0.2, 0.25) is 0 Å². The second-order valence-electron chi connectivity index (χ2n) is 2.73. The number of fused-ring (bicyclic) bond motifs is 1. The lowest BCUT2D eigenvalue weighted by Gasteiger charge is -1.99. The van der Waals surface area contributed by atoms with Gasteiger partial charge in [0.1, 0.15) is 11.8 Å². The summed E-state index contributed by atoms with van der Waals surface area (Å²) in [4.78, 5) is 4.11. The van der Waals surface area contributed by atoms with Gasteiger partial charge in [-0.05, 0) is 18.2 Å². The molecule has 0 aliphatic rings. The number of pyridine rings is 1. The summed E-state index contributed by atoms with van der Waals surface area (Å²) in [7, 11) is 0. The molecular weight excluding hydrogens is 233 g/mol. The van der Waals surface area contributed by atoms with Crippen LogP contribution in [0.15, 0.2) is 30.3 Å². The third-order valence-electron chi connectivity index (χ3n) is 1.87. The molecule has 5 heteroatoms. The number of hydrogen-bond donors (Lipinski definition) is 1. The van der Waals surface area contributed by atoms with E-state index in [0.717, 1.165) is 5.39 Å². The number of benzene rings is 1. The van der Waals surface area contributed by atoms with Gasteiger partial charge in [0.05, 0.1) is 11.2 Å². The number of hydrogen-bond acceptors (Lipinski definition) is 3. The predicted octanol–water partition coefficient (Wildman–Crippen LogP) is 2.53. The van der Waals surface area contributed by atoms with Crippen LogP contribution in [0.1, 0.15) is 5.69 Å². The first kappa shape index (κ1) is 13.5. The Morgan fingerprint density at radius 1 is 1.13 bits per heavy atom. The molecule has 1 heterocycles. The molecule has 1 aromatic heterocycles. The van der Waals surface area contributed by atoms with Crippen LogP contribution in [0.3, 0.4) is 0 Å². The highest BCUT2D eigenvalue weighted by atomic mass is 35.5. The van der Waals surface area contributed by atoms with Crippen molar-refractivity contribution in [3.05, 3.63) is 36.0 Å². The number of nitrogens with zero attached hydrogens (tertiary/aromatic N) is 2. The molecule has 0 radical (unpaired) electrons. The maximum absolute atomic E-state index is 8.63. The summed E-state index contributed by atoms with van der Waals surface area (Å²) in [5.41, 5.74) is 7.40. The van der Waals surface area contributed by atoms with E-state index in [1.165, 1.54) is 0 Å². The standard InChI is InChI=1S/C10H7N3.2ClH/c11-6-8-5-4-7-2-1-3-9(12)10(7)13-8;;/h1-5H,12H2;2*1H. The van der Waals surface area contributed by atoms with Crippen LogP contribution in [0.4, 0.5) is 5.69 Å². The Morgan fingerprint density at radius 2 is 1.87 bits per heavy atom. The van der Waals surface area contributed by atoms with Gasteiger partial charge in [0, 0.05) is 5.39 Å². The fourth-order valence-corrected chi connectivity index (χ4v) is 1.23. The molecule has 2 rings (SSSR count). The van der Waals surface area contributed by atoms with Crippen LogP contribution in [-0.4, -0.2) is 4.98 Å². The van der Waals surface area contributed by atoms with Crippen molar-refractivity contribution in [3.63, 3.8) is 0 Å². The van der Waals surface area contributed by atoms with Crippen LogP contribution in [-0.2, 0) is 0 Å². The number of aromatic nitrogens is 1. The largest absolute Gasteiger partial charge is 0.397 e. The fourth-order valence-electron chi connectivity index (χ4n) is 1.23. The van der Waals surface area contributed by atoms with Gasteiger partial charge in [0.25, 0.3) is 0 Å². The lowest BCUT2D eigenvalue weighted by atomic mass is 10.2. The van der Waals surface area contributed by atoms with Crippen LogP contribution in [0.5, 0.6) is 0 Å². The number of nitriles is 1. The van der Waals surface area contributed by atoms with E-state index in [1.54, 1.807) is 12.1 Å². The number of nitrogens with two attached hydrogens (primary N) is 1. The van der Waals surface area contributed by atoms with Crippen molar-refractivity contribution in [2.45, 2.75) is 0 Å². The molecule has 0 aliphatic heterocycles. The molecule has 0 atom stereocenters. The second kappa shape index (κ2) is 5.40. The predicted molar refractivity (Wildman–Crippen MR) is 65.4 cm³/mol. The molecule has 0 saturated heterocycles. The third-order valence-corrected chi connectivity index (χ3v) is 1.87. The lowest BCUT2D eigenvalue weighted by molar-refractivity contribution is 1.33. The highest BCUT2D eigenvalue weighted by molar-refractivity contribution is 5.89. The van der Waals surface area contributed by atoms with Crippen LogP contribution in [0.2, 0.25) is 0 Å². The molecular formula is C10H9Cl2N3. The van der Waals surface area contributed by atoms with Gasteiger partial charge >= 0.3 is 0 Å². The average Bonchev–Trinajstić information content (AvgIpc) is 2.18. The number of anilines is 1. The zero-order chi connectivity index (χ0) is 9.26. The fraction of sp³-hybridized carbons (Fsp3) is 0. The SMILES string of the molecule is Cl.Cl.N#Cc1ccc2cccc(N)c2n1. The summed E-state index contributed by atoms with van der Waals surface area (Å²) in [5, 5.41) is 9.59. The molecule has 2 aromatic rings. The molecule has 78 valence electrons. The molecule has 0 aliphatic carbocycles. The summed E-state index contributed by atoms with van der Waals surface area (Å²) in [5.74, 6) is 0. The van der Waals surface area contributed by atoms with Crippen LogP contribution < -0.4 is 5.73 Å². The van der Waals surface area contributed by atoms with Crippen LogP contribution >= 0.6 is 24.8 Å². The molecule has 0 unspecified atom stereocenters. The number of rotatable bonds is 0. The van der Waals surface area contributed by atoms with Gasteiger partial charge in [-0.2, -0.15) is 5.26 Å². The summed E-state index contributed by atoms with van der Waals surface area (Å²) >= 11 is 0. The monoisotopic (exact) mass is 241 g/mol. The molecule has 2 N–H and O–H groups in total. The first-order valence-corrected chi connectivity index (χ1v) is 3.86. The van der Waals surface area contributed by atoms with E-state index in [1.807, 2.05) is 24.3 Å². The Labute approximate surface area is 99.7 Å². The summed E-state index contributed by atoms with van der Waals surface area (Å²) < 4.78 is 0. The van der Waals surface area contributed by atoms with Gasteiger partial charge in [0.15, 0.2) is 0 Å². The first-order chi connectivity index (χ1) is 6.31. The minimum atomic E-state index is 0. The summed E-state index contributed by atoms with van der Waals surface area (Å²) in [6.07, 6.45) is 0. The Hall–Kier alpha value is -1.50. The van der Waals surface area contributed by atoms with Crippen molar-refractivity contribution in [1.82, 2.24) is 4.98 Å². The zero-order valence-corrected chi connectivity index (χ0v) is 9.31. The molecule has 0 saturated carbocycles. The molecule has 0 spiro atoms. The van der Waals surface area contributed by atoms with Crippen molar-refractivity contribution in [1.29, 1.82) is 5.26 Å².